The van der Waals surface area contributed by atoms with Crippen LogP contribution in [0.1, 0.15) is 42.5 Å². The molecule has 2 N–H and O–H groups in total. The van der Waals surface area contributed by atoms with Crippen molar-refractivity contribution in [2.24, 2.45) is 0 Å². The highest BCUT2D eigenvalue weighted by Crippen LogP contribution is 2.10. The van der Waals surface area contributed by atoms with Gasteiger partial charge >= 0.3 is 5.97 Å². The molecule has 0 bridgehead atoms. The molecule has 0 radical (unpaired) electrons. The van der Waals surface area contributed by atoms with Gasteiger partial charge in [-0.15, -0.1) is 0 Å². The Hall–Kier alpha value is -1.89. The van der Waals surface area contributed by atoms with Crippen LogP contribution >= 0.6 is 15.9 Å². The minimum Gasteiger partial charge on any atom is -0.469 e. The van der Waals surface area contributed by atoms with Crippen molar-refractivity contribution in [1.82, 2.24) is 10.6 Å². The molecule has 1 rings (SSSR count). The van der Waals surface area contributed by atoms with Crippen LogP contribution in [0.15, 0.2) is 28.7 Å². The maximum atomic E-state index is 11.9. The Kier molecular flexibility index (Phi) is 9.76. The van der Waals surface area contributed by atoms with Crippen LogP contribution in [0.2, 0.25) is 0 Å². The van der Waals surface area contributed by atoms with E-state index in [1.807, 2.05) is 0 Å². The Morgan fingerprint density at radius 1 is 0.958 bits per heavy atom. The molecule has 1 aromatic rings. The number of methoxy groups -OCH3 is 1. The van der Waals surface area contributed by atoms with Crippen LogP contribution in [0, 0.1) is 0 Å². The summed E-state index contributed by atoms with van der Waals surface area (Å²) in [5, 5.41) is 5.51. The number of carbonyl (C=O) groups is 3. The van der Waals surface area contributed by atoms with Gasteiger partial charge in [-0.2, -0.15) is 0 Å². The molecule has 0 aliphatic rings. The van der Waals surface area contributed by atoms with Crippen molar-refractivity contribution in [1.29, 1.82) is 0 Å². The van der Waals surface area contributed by atoms with Crippen LogP contribution in [0.3, 0.4) is 0 Å². The summed E-state index contributed by atoms with van der Waals surface area (Å²) in [5.74, 6) is -0.502. The molecule has 0 saturated carbocycles. The van der Waals surface area contributed by atoms with Crippen molar-refractivity contribution in [2.45, 2.75) is 32.1 Å². The van der Waals surface area contributed by atoms with Gasteiger partial charge in [-0.3, -0.25) is 14.4 Å². The van der Waals surface area contributed by atoms with E-state index in [0.717, 1.165) is 23.7 Å². The zero-order valence-corrected chi connectivity index (χ0v) is 15.4. The summed E-state index contributed by atoms with van der Waals surface area (Å²) in [6.45, 7) is 0.865. The second-order valence-electron chi connectivity index (χ2n) is 5.25. The highest BCUT2D eigenvalue weighted by Gasteiger charge is 2.06. The van der Waals surface area contributed by atoms with Crippen LogP contribution in [0.25, 0.3) is 0 Å². The third-order valence-corrected chi connectivity index (χ3v) is 3.88. The van der Waals surface area contributed by atoms with Gasteiger partial charge in [-0.1, -0.05) is 22.4 Å². The second kappa shape index (κ2) is 11.6. The van der Waals surface area contributed by atoms with Crippen molar-refractivity contribution in [3.63, 3.8) is 0 Å². The molecule has 0 aliphatic heterocycles. The number of halogens is 1. The predicted molar refractivity (Wildman–Crippen MR) is 94.6 cm³/mol. The van der Waals surface area contributed by atoms with E-state index in [1.54, 1.807) is 24.3 Å². The lowest BCUT2D eigenvalue weighted by Crippen LogP contribution is -2.31. The molecule has 7 heteroatoms. The molecule has 0 unspecified atom stereocenters. The van der Waals surface area contributed by atoms with Gasteiger partial charge in [-0.25, -0.2) is 0 Å². The van der Waals surface area contributed by atoms with E-state index in [0.29, 0.717) is 25.1 Å². The van der Waals surface area contributed by atoms with Gasteiger partial charge in [0.1, 0.15) is 0 Å². The molecule has 132 valence electrons. The lowest BCUT2D eigenvalue weighted by molar-refractivity contribution is -0.140. The molecule has 0 aliphatic carbocycles. The number of rotatable bonds is 10. The van der Waals surface area contributed by atoms with Crippen LogP contribution in [-0.2, 0) is 14.3 Å². The minimum atomic E-state index is -0.208. The van der Waals surface area contributed by atoms with Crippen molar-refractivity contribution in [2.75, 3.05) is 20.2 Å². The average Bonchev–Trinajstić information content (AvgIpc) is 2.58. The monoisotopic (exact) mass is 398 g/mol. The summed E-state index contributed by atoms with van der Waals surface area (Å²) in [6, 6.07) is 7.02. The summed E-state index contributed by atoms with van der Waals surface area (Å²) >= 11 is 3.31. The number of hydrogen-bond acceptors (Lipinski definition) is 4. The molecule has 1 aromatic carbocycles. The first kappa shape index (κ1) is 20.2. The number of benzene rings is 1. The van der Waals surface area contributed by atoms with E-state index >= 15 is 0 Å². The summed E-state index contributed by atoms with van der Waals surface area (Å²) < 4.78 is 5.46. The third-order valence-electron chi connectivity index (χ3n) is 3.35. The number of nitrogens with one attached hydrogen (secondary N) is 2. The molecule has 0 fully saturated rings. The SMILES string of the molecule is COC(=O)CCCCCNC(=O)CCNC(=O)c1ccc(Br)cc1. The Bertz CT molecular complexity index is 546. The van der Waals surface area contributed by atoms with Crippen molar-refractivity contribution in [3.05, 3.63) is 34.3 Å². The topological polar surface area (TPSA) is 84.5 Å². The molecule has 6 nitrogen and oxygen atoms in total. The zero-order chi connectivity index (χ0) is 17.8. The molecule has 24 heavy (non-hydrogen) atoms. The van der Waals surface area contributed by atoms with Gasteiger partial charge in [0.2, 0.25) is 5.91 Å². The quantitative estimate of drug-likeness (QED) is 0.468. The smallest absolute Gasteiger partial charge is 0.305 e. The second-order valence-corrected chi connectivity index (χ2v) is 6.17. The molecule has 0 atom stereocenters. The van der Waals surface area contributed by atoms with Gasteiger partial charge < -0.3 is 15.4 Å². The minimum absolute atomic E-state index is 0.0981. The van der Waals surface area contributed by atoms with Gasteiger partial charge in [0.25, 0.3) is 5.91 Å². The van der Waals surface area contributed by atoms with Gasteiger partial charge in [-0.05, 0) is 37.1 Å². The normalized spacial score (nSPS) is 10.1. The van der Waals surface area contributed by atoms with E-state index in [2.05, 4.69) is 31.3 Å². The van der Waals surface area contributed by atoms with Crippen LogP contribution < -0.4 is 10.6 Å². The van der Waals surface area contributed by atoms with Gasteiger partial charge in [0.15, 0.2) is 0 Å². The largest absolute Gasteiger partial charge is 0.469 e. The molecule has 0 heterocycles. The highest BCUT2D eigenvalue weighted by atomic mass is 79.9. The van der Waals surface area contributed by atoms with Crippen molar-refractivity contribution >= 4 is 33.7 Å². The Morgan fingerprint density at radius 2 is 1.67 bits per heavy atom. The van der Waals surface area contributed by atoms with Gasteiger partial charge in [0.05, 0.1) is 7.11 Å². The summed E-state index contributed by atoms with van der Waals surface area (Å²) in [4.78, 5) is 34.4. The fraction of sp³-hybridized carbons (Fsp3) is 0.471. The molecule has 0 aromatic heterocycles. The average molecular weight is 399 g/mol. The van der Waals surface area contributed by atoms with Gasteiger partial charge in [0, 0.05) is 36.0 Å². The standard InChI is InChI=1S/C17H23BrN2O4/c1-24-16(22)5-3-2-4-11-19-15(21)10-12-20-17(23)13-6-8-14(18)9-7-13/h6-9H,2-5,10-12H2,1H3,(H,19,21)(H,20,23). The summed E-state index contributed by atoms with van der Waals surface area (Å²) in [7, 11) is 1.37. The van der Waals surface area contributed by atoms with E-state index in [-0.39, 0.29) is 24.2 Å². The lowest BCUT2D eigenvalue weighted by atomic mass is 10.2. The number of hydrogen-bond donors (Lipinski definition) is 2. The fourth-order valence-corrected chi connectivity index (χ4v) is 2.25. The molecule has 0 spiro atoms. The maximum Gasteiger partial charge on any atom is 0.305 e. The fourth-order valence-electron chi connectivity index (χ4n) is 1.98. The summed E-state index contributed by atoms with van der Waals surface area (Å²) in [5.41, 5.74) is 0.559. The lowest BCUT2D eigenvalue weighted by Gasteiger charge is -2.07. The predicted octanol–water partition coefficient (Wildman–Crippen LogP) is 2.42. The van der Waals surface area contributed by atoms with Crippen molar-refractivity contribution < 1.29 is 19.1 Å². The first-order valence-electron chi connectivity index (χ1n) is 7.90. The van der Waals surface area contributed by atoms with E-state index in [1.165, 1.54) is 7.11 Å². The first-order chi connectivity index (χ1) is 11.5. The number of ether oxygens (including phenoxy) is 1. The number of unbranched alkanes of at least 4 members (excludes halogenated alkanes) is 2. The Morgan fingerprint density at radius 3 is 2.33 bits per heavy atom. The highest BCUT2D eigenvalue weighted by molar-refractivity contribution is 9.10. The molecular weight excluding hydrogens is 376 g/mol. The van der Waals surface area contributed by atoms with Crippen LogP contribution in [0.5, 0.6) is 0 Å². The maximum absolute atomic E-state index is 11.9. The molecular formula is C17H23BrN2O4. The Balaban J connectivity index is 2.06. The van der Waals surface area contributed by atoms with E-state index in [4.69, 9.17) is 0 Å². The molecule has 0 saturated heterocycles. The van der Waals surface area contributed by atoms with Crippen LogP contribution in [-0.4, -0.2) is 38.0 Å². The Labute approximate surface area is 150 Å². The van der Waals surface area contributed by atoms with Crippen molar-refractivity contribution in [3.8, 4) is 0 Å². The van der Waals surface area contributed by atoms with E-state index < -0.39 is 0 Å². The number of esters is 1. The first-order valence-corrected chi connectivity index (χ1v) is 8.69. The van der Waals surface area contributed by atoms with Crippen LogP contribution in [0.4, 0.5) is 0 Å². The molecule has 2 amide bonds. The summed E-state index contributed by atoms with van der Waals surface area (Å²) in [6.07, 6.45) is 3.08. The zero-order valence-electron chi connectivity index (χ0n) is 13.8. The van der Waals surface area contributed by atoms with E-state index in [9.17, 15) is 14.4 Å². The number of amides is 2. The third kappa shape index (κ3) is 8.67. The number of carbonyl (C=O) groups excluding carboxylic acids is 3.